The van der Waals surface area contributed by atoms with E-state index in [0.717, 1.165) is 34.0 Å². The Morgan fingerprint density at radius 2 is 1.86 bits per heavy atom. The normalized spacial score (nSPS) is 12.8. The lowest BCUT2D eigenvalue weighted by atomic mass is 10.0. The third-order valence-corrected chi connectivity index (χ3v) is 5.73. The molecule has 1 aromatic heterocycles. The van der Waals surface area contributed by atoms with Crippen LogP contribution in [0, 0.1) is 0 Å². The highest BCUT2D eigenvalue weighted by Gasteiger charge is 2.33. The molecule has 0 saturated heterocycles. The first-order valence-electron chi connectivity index (χ1n) is 6.94. The van der Waals surface area contributed by atoms with Crippen molar-refractivity contribution in [3.63, 3.8) is 0 Å². The molecule has 22 heavy (non-hydrogen) atoms. The van der Waals surface area contributed by atoms with Gasteiger partial charge < -0.3 is 5.11 Å². The first-order valence-corrected chi connectivity index (χ1v) is 8.51. The molecule has 3 aromatic rings. The second-order valence-corrected chi connectivity index (χ2v) is 7.09. The summed E-state index contributed by atoms with van der Waals surface area (Å²) in [5.41, 5.74) is 3.21. The third-order valence-electron chi connectivity index (χ3n) is 3.93. The number of hydrogen-bond donors (Lipinski definition) is 1. The zero-order chi connectivity index (χ0) is 15.3. The standard InChI is InChI=1S/C17H11Cl2NOS/c18-11-6-5-10-7-8-20-16(21)15(22-17(20)13(10)9-11)12-3-1-2-4-14(12)19/h1-6,9H,7-8H2/p+1. The number of thiazole rings is 1. The fourth-order valence-corrected chi connectivity index (χ4v) is 4.57. The van der Waals surface area contributed by atoms with E-state index in [2.05, 4.69) is 6.07 Å². The van der Waals surface area contributed by atoms with E-state index < -0.39 is 0 Å². The molecule has 1 aliphatic heterocycles. The summed E-state index contributed by atoms with van der Waals surface area (Å²) in [5, 5.41) is 13.0. The van der Waals surface area contributed by atoms with Gasteiger partial charge in [-0.3, -0.25) is 0 Å². The summed E-state index contributed by atoms with van der Waals surface area (Å²) in [6.07, 6.45) is 0.885. The van der Waals surface area contributed by atoms with Gasteiger partial charge in [-0.25, -0.2) is 0 Å². The lowest BCUT2D eigenvalue weighted by molar-refractivity contribution is -0.688. The Morgan fingerprint density at radius 3 is 2.68 bits per heavy atom. The van der Waals surface area contributed by atoms with E-state index >= 15 is 0 Å². The monoisotopic (exact) mass is 348 g/mol. The van der Waals surface area contributed by atoms with E-state index in [4.69, 9.17) is 23.2 Å². The number of nitrogens with zero attached hydrogens (tertiary/aromatic N) is 1. The summed E-state index contributed by atoms with van der Waals surface area (Å²) >= 11 is 14.0. The topological polar surface area (TPSA) is 24.1 Å². The van der Waals surface area contributed by atoms with Crippen molar-refractivity contribution in [1.29, 1.82) is 0 Å². The minimum absolute atomic E-state index is 0.277. The number of halogens is 2. The summed E-state index contributed by atoms with van der Waals surface area (Å²) in [6, 6.07) is 13.5. The van der Waals surface area contributed by atoms with Gasteiger partial charge in [-0.05, 0) is 23.8 Å². The van der Waals surface area contributed by atoms with Gasteiger partial charge in [-0.1, -0.05) is 58.8 Å². The number of rotatable bonds is 1. The molecule has 5 heteroatoms. The first-order chi connectivity index (χ1) is 10.6. The average molecular weight is 349 g/mol. The smallest absolute Gasteiger partial charge is 0.385 e. The van der Waals surface area contributed by atoms with Gasteiger partial charge in [0, 0.05) is 22.0 Å². The van der Waals surface area contributed by atoms with Gasteiger partial charge >= 0.3 is 5.88 Å². The largest absolute Gasteiger partial charge is 0.459 e. The quantitative estimate of drug-likeness (QED) is 0.619. The number of aromatic nitrogens is 1. The van der Waals surface area contributed by atoms with E-state index in [0.29, 0.717) is 10.0 Å². The summed E-state index contributed by atoms with van der Waals surface area (Å²) in [7, 11) is 0. The van der Waals surface area contributed by atoms with Crippen LogP contribution in [0.2, 0.25) is 10.0 Å². The first kappa shape index (κ1) is 14.1. The fourth-order valence-electron chi connectivity index (χ4n) is 2.84. The summed E-state index contributed by atoms with van der Waals surface area (Å²) in [4.78, 5) is 0.799. The minimum Gasteiger partial charge on any atom is -0.459 e. The maximum atomic E-state index is 10.6. The van der Waals surface area contributed by atoms with Gasteiger partial charge in [0.2, 0.25) is 0 Å². The van der Waals surface area contributed by atoms with Crippen molar-refractivity contribution in [2.24, 2.45) is 0 Å². The second kappa shape index (κ2) is 5.27. The van der Waals surface area contributed by atoms with Crippen molar-refractivity contribution in [1.82, 2.24) is 0 Å². The lowest BCUT2D eigenvalue weighted by Crippen LogP contribution is -2.37. The highest BCUT2D eigenvalue weighted by molar-refractivity contribution is 7.18. The fraction of sp³-hybridized carbons (Fsp3) is 0.118. The Hall–Kier alpha value is -1.55. The summed E-state index contributed by atoms with van der Waals surface area (Å²) in [5.74, 6) is 0.277. The Bertz CT molecular complexity index is 888. The highest BCUT2D eigenvalue weighted by atomic mass is 35.5. The van der Waals surface area contributed by atoms with Crippen LogP contribution in [0.4, 0.5) is 0 Å². The Kier molecular flexibility index (Phi) is 3.37. The van der Waals surface area contributed by atoms with Gasteiger partial charge in [0.25, 0.3) is 5.01 Å². The maximum absolute atomic E-state index is 10.6. The van der Waals surface area contributed by atoms with Crippen molar-refractivity contribution in [3.05, 3.63) is 58.1 Å². The molecule has 110 valence electrons. The zero-order valence-corrected chi connectivity index (χ0v) is 13.8. The molecule has 1 N–H and O–H groups in total. The molecule has 4 rings (SSSR count). The van der Waals surface area contributed by atoms with Crippen molar-refractivity contribution >= 4 is 34.5 Å². The van der Waals surface area contributed by atoms with Crippen molar-refractivity contribution in [3.8, 4) is 26.9 Å². The van der Waals surface area contributed by atoms with Crippen LogP contribution in [0.1, 0.15) is 5.56 Å². The van der Waals surface area contributed by atoms with Gasteiger partial charge in [-0.2, -0.15) is 0 Å². The van der Waals surface area contributed by atoms with Gasteiger partial charge in [0.05, 0.1) is 5.56 Å². The molecule has 0 amide bonds. The Morgan fingerprint density at radius 1 is 1.05 bits per heavy atom. The SMILES string of the molecule is Oc1c(-c2ccccc2Cl)sc2[n+]1CCc1ccc(Cl)cc1-2. The van der Waals surface area contributed by atoms with E-state index in [1.807, 2.05) is 41.0 Å². The van der Waals surface area contributed by atoms with Crippen LogP contribution < -0.4 is 4.57 Å². The molecule has 0 atom stereocenters. The second-order valence-electron chi connectivity index (χ2n) is 5.24. The molecule has 0 bridgehead atoms. The predicted molar refractivity (Wildman–Crippen MR) is 90.8 cm³/mol. The van der Waals surface area contributed by atoms with Crippen molar-refractivity contribution in [2.75, 3.05) is 0 Å². The molecule has 0 unspecified atom stereocenters. The van der Waals surface area contributed by atoms with Crippen molar-refractivity contribution in [2.45, 2.75) is 13.0 Å². The minimum atomic E-state index is 0.277. The van der Waals surface area contributed by atoms with Crippen LogP contribution in [-0.4, -0.2) is 5.11 Å². The molecule has 1 aliphatic rings. The third kappa shape index (κ3) is 2.12. The Labute approximate surface area is 142 Å². The van der Waals surface area contributed by atoms with Gasteiger partial charge in [0.15, 0.2) is 11.4 Å². The number of fused-ring (bicyclic) bond motifs is 3. The van der Waals surface area contributed by atoms with Crippen LogP contribution in [0.3, 0.4) is 0 Å². The molecule has 0 spiro atoms. The highest BCUT2D eigenvalue weighted by Crippen LogP contribution is 2.43. The predicted octanol–water partition coefficient (Wildman–Crippen LogP) is 4.94. The molecule has 0 radical (unpaired) electrons. The van der Waals surface area contributed by atoms with Crippen LogP contribution in [0.5, 0.6) is 5.88 Å². The van der Waals surface area contributed by atoms with Crippen LogP contribution in [0.25, 0.3) is 21.0 Å². The van der Waals surface area contributed by atoms with Gasteiger partial charge in [0.1, 0.15) is 0 Å². The van der Waals surface area contributed by atoms with Gasteiger partial charge in [-0.15, -0.1) is 4.57 Å². The van der Waals surface area contributed by atoms with Crippen molar-refractivity contribution < 1.29 is 9.67 Å². The Balaban J connectivity index is 1.95. The number of aryl methyl sites for hydroxylation is 1. The van der Waals surface area contributed by atoms with Crippen LogP contribution in [0.15, 0.2) is 42.5 Å². The number of hydrogen-bond acceptors (Lipinski definition) is 2. The maximum Gasteiger partial charge on any atom is 0.385 e. The molecule has 2 aromatic carbocycles. The summed E-state index contributed by atoms with van der Waals surface area (Å²) in [6.45, 7) is 0.761. The van der Waals surface area contributed by atoms with E-state index in [9.17, 15) is 5.11 Å². The summed E-state index contributed by atoms with van der Waals surface area (Å²) < 4.78 is 1.95. The average Bonchev–Trinajstić information content (AvgIpc) is 2.85. The lowest BCUT2D eigenvalue weighted by Gasteiger charge is -2.11. The van der Waals surface area contributed by atoms with E-state index in [1.54, 1.807) is 11.3 Å². The molecule has 2 nitrogen and oxygen atoms in total. The number of aromatic hydroxyl groups is 1. The number of benzene rings is 2. The molecular weight excluding hydrogens is 337 g/mol. The molecule has 2 heterocycles. The van der Waals surface area contributed by atoms with Crippen LogP contribution in [-0.2, 0) is 13.0 Å². The van der Waals surface area contributed by atoms with E-state index in [-0.39, 0.29) is 5.88 Å². The molecule has 0 fully saturated rings. The molecule has 0 aliphatic carbocycles. The molecular formula is C17H12Cl2NOS+. The van der Waals surface area contributed by atoms with Crippen LogP contribution >= 0.6 is 34.5 Å². The molecule has 0 saturated carbocycles. The zero-order valence-electron chi connectivity index (χ0n) is 11.5. The van der Waals surface area contributed by atoms with E-state index in [1.165, 1.54) is 5.56 Å².